The van der Waals surface area contributed by atoms with Crippen LogP contribution in [0.5, 0.6) is 0 Å². The number of hydrogen-bond acceptors (Lipinski definition) is 5. The van der Waals surface area contributed by atoms with Gasteiger partial charge in [0.15, 0.2) is 0 Å². The molecule has 0 atom stereocenters. The number of nitrogen functional groups attached to an aromatic ring is 1. The van der Waals surface area contributed by atoms with Crippen LogP contribution in [-0.4, -0.2) is 11.0 Å². The first kappa shape index (κ1) is 18.3. The summed E-state index contributed by atoms with van der Waals surface area (Å²) in [6.45, 7) is 0.430. The first-order valence-electron chi connectivity index (χ1n) is 7.42. The third-order valence-electron chi connectivity index (χ3n) is 3.38. The van der Waals surface area contributed by atoms with Crippen molar-refractivity contribution in [3.63, 3.8) is 0 Å². The maximum Gasteiger partial charge on any atom is 0.267 e. The number of aliphatic hydroxyl groups excluding tert-OH is 1. The van der Waals surface area contributed by atoms with Gasteiger partial charge in [-0.05, 0) is 29.3 Å². The Kier molecular flexibility index (Phi) is 6.40. The minimum atomic E-state index is -0.550. The fourth-order valence-electron chi connectivity index (χ4n) is 1.99. The molecule has 128 valence electrons. The van der Waals surface area contributed by atoms with E-state index in [-0.39, 0.29) is 12.2 Å². The van der Waals surface area contributed by atoms with Gasteiger partial charge < -0.3 is 21.5 Å². The minimum Gasteiger partial charge on any atom is -0.398 e. The van der Waals surface area contributed by atoms with Crippen molar-refractivity contribution >= 4 is 28.9 Å². The molecule has 5 N–H and O–H groups in total. The van der Waals surface area contributed by atoms with Crippen LogP contribution in [0.15, 0.2) is 54.2 Å². The Bertz CT molecular complexity index is 826. The molecule has 0 unspecified atom stereocenters. The molecule has 25 heavy (non-hydrogen) atoms. The van der Waals surface area contributed by atoms with Gasteiger partial charge in [-0.2, -0.15) is 5.26 Å². The molecule has 2 aromatic rings. The maximum atomic E-state index is 12.1. The van der Waals surface area contributed by atoms with Gasteiger partial charge >= 0.3 is 0 Å². The molecule has 0 saturated heterocycles. The van der Waals surface area contributed by atoms with E-state index in [4.69, 9.17) is 27.7 Å². The third-order valence-corrected chi connectivity index (χ3v) is 3.71. The van der Waals surface area contributed by atoms with Crippen LogP contribution in [0.2, 0.25) is 5.02 Å². The van der Waals surface area contributed by atoms with Crippen molar-refractivity contribution in [3.8, 4) is 6.07 Å². The highest BCUT2D eigenvalue weighted by atomic mass is 35.5. The molecule has 0 heterocycles. The van der Waals surface area contributed by atoms with Crippen molar-refractivity contribution in [2.75, 3.05) is 11.1 Å². The van der Waals surface area contributed by atoms with Crippen LogP contribution in [0, 0.1) is 11.3 Å². The van der Waals surface area contributed by atoms with E-state index in [1.807, 2.05) is 30.3 Å². The van der Waals surface area contributed by atoms with Gasteiger partial charge in [0.25, 0.3) is 5.91 Å². The molecular formula is C18H17ClN4O2. The second-order valence-electron chi connectivity index (χ2n) is 5.22. The predicted octanol–water partition coefficient (Wildman–Crippen LogP) is 2.55. The summed E-state index contributed by atoms with van der Waals surface area (Å²) in [7, 11) is 0. The number of carbonyl (C=O) groups excluding carboxylic acids is 1. The van der Waals surface area contributed by atoms with Crippen LogP contribution >= 0.6 is 11.6 Å². The van der Waals surface area contributed by atoms with E-state index < -0.39 is 5.91 Å². The van der Waals surface area contributed by atoms with Crippen LogP contribution in [0.4, 0.5) is 11.4 Å². The average molecular weight is 357 g/mol. The fourth-order valence-corrected chi connectivity index (χ4v) is 2.17. The molecule has 0 aliphatic heterocycles. The zero-order chi connectivity index (χ0) is 18.2. The largest absolute Gasteiger partial charge is 0.398 e. The average Bonchev–Trinajstić information content (AvgIpc) is 2.62. The number of hydrogen-bond donors (Lipinski definition) is 4. The summed E-state index contributed by atoms with van der Waals surface area (Å²) in [4.78, 5) is 12.1. The molecule has 2 aromatic carbocycles. The van der Waals surface area contributed by atoms with Crippen molar-refractivity contribution in [2.24, 2.45) is 0 Å². The normalized spacial score (nSPS) is 10.8. The Hall–Kier alpha value is -3.01. The third kappa shape index (κ3) is 5.24. The predicted molar refractivity (Wildman–Crippen MR) is 97.4 cm³/mol. The van der Waals surface area contributed by atoms with Crippen molar-refractivity contribution in [1.29, 1.82) is 5.26 Å². The van der Waals surface area contributed by atoms with Crippen LogP contribution in [0.25, 0.3) is 0 Å². The number of nitrogens with two attached hydrogens (primary N) is 1. The topological polar surface area (TPSA) is 111 Å². The number of carbonyl (C=O) groups is 1. The second-order valence-corrected chi connectivity index (χ2v) is 5.62. The standard InChI is InChI=1S/C18H17ClN4O2/c19-16-7-15(5-6-17(16)21)23-18(25)14(8-20)10-22-9-12-1-3-13(11-24)4-2-12/h1-7,10,22,24H,9,11,21H2,(H,23,25)/b14-10-. The van der Waals surface area contributed by atoms with Gasteiger partial charge in [-0.25, -0.2) is 0 Å². The number of nitrogens with one attached hydrogen (secondary N) is 2. The number of anilines is 2. The van der Waals surface area contributed by atoms with E-state index in [0.29, 0.717) is 22.9 Å². The summed E-state index contributed by atoms with van der Waals surface area (Å²) in [6.07, 6.45) is 1.36. The number of nitriles is 1. The number of rotatable bonds is 6. The van der Waals surface area contributed by atoms with Crippen LogP contribution in [-0.2, 0) is 17.9 Å². The lowest BCUT2D eigenvalue weighted by atomic mass is 10.1. The number of amides is 1. The molecule has 7 heteroatoms. The molecule has 0 saturated carbocycles. The monoisotopic (exact) mass is 356 g/mol. The Balaban J connectivity index is 1.97. The van der Waals surface area contributed by atoms with E-state index in [2.05, 4.69) is 10.6 Å². The second kappa shape index (κ2) is 8.73. The summed E-state index contributed by atoms with van der Waals surface area (Å²) >= 11 is 5.90. The van der Waals surface area contributed by atoms with Gasteiger partial charge in [0.05, 0.1) is 17.3 Å². The minimum absolute atomic E-state index is 0.0124. The van der Waals surface area contributed by atoms with E-state index in [1.165, 1.54) is 12.3 Å². The summed E-state index contributed by atoms with van der Waals surface area (Å²) in [5.41, 5.74) is 8.17. The summed E-state index contributed by atoms with van der Waals surface area (Å²) in [5.74, 6) is -0.550. The molecule has 0 aliphatic carbocycles. The maximum absolute atomic E-state index is 12.1. The first-order valence-corrected chi connectivity index (χ1v) is 7.80. The van der Waals surface area contributed by atoms with Crippen molar-refractivity contribution in [1.82, 2.24) is 5.32 Å². The van der Waals surface area contributed by atoms with Gasteiger partial charge in [0.2, 0.25) is 0 Å². The van der Waals surface area contributed by atoms with E-state index in [9.17, 15) is 4.79 Å². The molecule has 0 radical (unpaired) electrons. The zero-order valence-corrected chi connectivity index (χ0v) is 14.0. The molecule has 6 nitrogen and oxygen atoms in total. The highest BCUT2D eigenvalue weighted by Gasteiger charge is 2.10. The lowest BCUT2D eigenvalue weighted by Gasteiger charge is -2.07. The SMILES string of the molecule is N#C/C(=C/NCc1ccc(CO)cc1)C(=O)Nc1ccc(N)c(Cl)c1. The van der Waals surface area contributed by atoms with Crippen LogP contribution in [0.1, 0.15) is 11.1 Å². The van der Waals surface area contributed by atoms with Gasteiger partial charge in [-0.15, -0.1) is 0 Å². The summed E-state index contributed by atoms with van der Waals surface area (Å²) in [5, 5.41) is 24.0. The highest BCUT2D eigenvalue weighted by Crippen LogP contribution is 2.22. The Morgan fingerprint density at radius 1 is 1.24 bits per heavy atom. The number of nitrogens with zero attached hydrogens (tertiary/aromatic N) is 1. The molecule has 1 amide bonds. The van der Waals surface area contributed by atoms with Gasteiger partial charge in [-0.1, -0.05) is 35.9 Å². The fraction of sp³-hybridized carbons (Fsp3) is 0.111. The molecule has 0 spiro atoms. The van der Waals surface area contributed by atoms with Crippen molar-refractivity contribution in [2.45, 2.75) is 13.2 Å². The van der Waals surface area contributed by atoms with Crippen LogP contribution in [0.3, 0.4) is 0 Å². The molecule has 2 rings (SSSR count). The number of benzene rings is 2. The summed E-state index contributed by atoms with van der Waals surface area (Å²) < 4.78 is 0. The first-order chi connectivity index (χ1) is 12.0. The van der Waals surface area contributed by atoms with E-state index in [0.717, 1.165) is 11.1 Å². The molecule has 0 bridgehead atoms. The lowest BCUT2D eigenvalue weighted by molar-refractivity contribution is -0.112. The van der Waals surface area contributed by atoms with Gasteiger partial charge in [0.1, 0.15) is 11.6 Å². The zero-order valence-electron chi connectivity index (χ0n) is 13.3. The van der Waals surface area contributed by atoms with Crippen molar-refractivity contribution < 1.29 is 9.90 Å². The summed E-state index contributed by atoms with van der Waals surface area (Å²) in [6, 6.07) is 13.9. The molecular weight excluding hydrogens is 340 g/mol. The Morgan fingerprint density at radius 2 is 1.92 bits per heavy atom. The van der Waals surface area contributed by atoms with Crippen molar-refractivity contribution in [3.05, 3.63) is 70.4 Å². The van der Waals surface area contributed by atoms with Gasteiger partial charge in [0, 0.05) is 18.4 Å². The van der Waals surface area contributed by atoms with E-state index >= 15 is 0 Å². The lowest BCUT2D eigenvalue weighted by Crippen LogP contribution is -2.16. The highest BCUT2D eigenvalue weighted by molar-refractivity contribution is 6.33. The molecule has 0 aromatic heterocycles. The Morgan fingerprint density at radius 3 is 2.52 bits per heavy atom. The number of aliphatic hydroxyl groups is 1. The van der Waals surface area contributed by atoms with Crippen LogP contribution < -0.4 is 16.4 Å². The smallest absolute Gasteiger partial charge is 0.267 e. The van der Waals surface area contributed by atoms with E-state index in [1.54, 1.807) is 12.1 Å². The Labute approximate surface area is 150 Å². The quantitative estimate of drug-likeness (QED) is 0.361. The molecule has 0 fully saturated rings. The number of halogens is 1. The van der Waals surface area contributed by atoms with Gasteiger partial charge in [-0.3, -0.25) is 4.79 Å². The molecule has 0 aliphatic rings.